The number of amides is 1. The third-order valence-electron chi connectivity index (χ3n) is 4.59. The van der Waals surface area contributed by atoms with Gasteiger partial charge in [-0.15, -0.1) is 0 Å². The second-order valence-electron chi connectivity index (χ2n) is 6.56. The van der Waals surface area contributed by atoms with Crippen molar-refractivity contribution in [3.63, 3.8) is 0 Å². The van der Waals surface area contributed by atoms with Gasteiger partial charge in [-0.1, -0.05) is 30.3 Å². The summed E-state index contributed by atoms with van der Waals surface area (Å²) in [5.74, 6) is -1.48. The van der Waals surface area contributed by atoms with E-state index in [2.05, 4.69) is 10.6 Å². The van der Waals surface area contributed by atoms with Gasteiger partial charge in [0.2, 0.25) is 5.91 Å². The molecular formula is C19H26N2O5. The molecular weight excluding hydrogens is 336 g/mol. The Kier molecular flexibility index (Phi) is 6.74. The van der Waals surface area contributed by atoms with Crippen molar-refractivity contribution in [1.82, 2.24) is 10.6 Å². The normalized spacial score (nSPS) is 21.5. The standard InChI is InChI=1S/C19H26N2O5/c1-13(26-14(2)22)16(17(23)25-3)21-18(24)19(10-7-11-20-19)12-15-8-5-4-6-9-15/h4-6,8-9,13,16,20H,7,10-12H2,1-3H3,(H,21,24)/t13-,16?,19?/m1/s1. The summed E-state index contributed by atoms with van der Waals surface area (Å²) in [4.78, 5) is 36.4. The number of esters is 2. The van der Waals surface area contributed by atoms with Crippen LogP contribution in [-0.2, 0) is 30.3 Å². The average molecular weight is 362 g/mol. The van der Waals surface area contributed by atoms with Crippen molar-refractivity contribution >= 4 is 17.8 Å². The SMILES string of the molecule is COC(=O)C(NC(=O)C1(Cc2ccccc2)CCCN1)[C@@H](C)OC(C)=O. The van der Waals surface area contributed by atoms with Crippen molar-refractivity contribution in [3.8, 4) is 0 Å². The van der Waals surface area contributed by atoms with Gasteiger partial charge in [0.1, 0.15) is 11.6 Å². The number of rotatable bonds is 7. The molecule has 0 bridgehead atoms. The Morgan fingerprint density at radius 3 is 2.50 bits per heavy atom. The molecule has 0 aliphatic carbocycles. The quantitative estimate of drug-likeness (QED) is 0.702. The van der Waals surface area contributed by atoms with Crippen LogP contribution in [0.2, 0.25) is 0 Å². The van der Waals surface area contributed by atoms with Crippen molar-refractivity contribution in [3.05, 3.63) is 35.9 Å². The first kappa shape index (κ1) is 19.9. The fraction of sp³-hybridized carbons (Fsp3) is 0.526. The van der Waals surface area contributed by atoms with Crippen LogP contribution in [-0.4, -0.2) is 49.2 Å². The number of hydrogen-bond acceptors (Lipinski definition) is 6. The molecule has 0 aromatic heterocycles. The minimum Gasteiger partial charge on any atom is -0.467 e. The highest BCUT2D eigenvalue weighted by molar-refractivity contribution is 5.91. The number of benzene rings is 1. The summed E-state index contributed by atoms with van der Waals surface area (Å²) in [5, 5.41) is 6.01. The molecule has 7 heteroatoms. The Bertz CT molecular complexity index is 641. The molecule has 0 radical (unpaired) electrons. The van der Waals surface area contributed by atoms with E-state index >= 15 is 0 Å². The minimum atomic E-state index is -1.06. The van der Waals surface area contributed by atoms with Gasteiger partial charge in [0.15, 0.2) is 6.04 Å². The van der Waals surface area contributed by atoms with Gasteiger partial charge in [-0.3, -0.25) is 9.59 Å². The van der Waals surface area contributed by atoms with Crippen molar-refractivity contribution in [1.29, 1.82) is 0 Å². The zero-order chi connectivity index (χ0) is 19.2. The van der Waals surface area contributed by atoms with Crippen LogP contribution in [0.25, 0.3) is 0 Å². The Morgan fingerprint density at radius 2 is 1.96 bits per heavy atom. The number of ether oxygens (including phenoxy) is 2. The summed E-state index contributed by atoms with van der Waals surface area (Å²) >= 11 is 0. The molecule has 0 saturated carbocycles. The molecule has 1 fully saturated rings. The molecule has 2 N–H and O–H groups in total. The highest BCUT2D eigenvalue weighted by Crippen LogP contribution is 2.25. The molecule has 7 nitrogen and oxygen atoms in total. The summed E-state index contributed by atoms with van der Waals surface area (Å²) in [6, 6.07) is 8.65. The molecule has 26 heavy (non-hydrogen) atoms. The van der Waals surface area contributed by atoms with Gasteiger partial charge in [-0.05, 0) is 38.3 Å². The van der Waals surface area contributed by atoms with Crippen molar-refractivity contribution in [2.24, 2.45) is 0 Å². The molecule has 0 spiro atoms. The molecule has 3 atom stereocenters. The lowest BCUT2D eigenvalue weighted by Gasteiger charge is -2.31. The largest absolute Gasteiger partial charge is 0.467 e. The maximum absolute atomic E-state index is 13.1. The van der Waals surface area contributed by atoms with E-state index in [9.17, 15) is 14.4 Å². The van der Waals surface area contributed by atoms with Crippen LogP contribution < -0.4 is 10.6 Å². The Morgan fingerprint density at radius 1 is 1.27 bits per heavy atom. The first-order chi connectivity index (χ1) is 12.4. The lowest BCUT2D eigenvalue weighted by Crippen LogP contribution is -2.60. The van der Waals surface area contributed by atoms with E-state index in [1.165, 1.54) is 14.0 Å². The zero-order valence-corrected chi connectivity index (χ0v) is 15.4. The lowest BCUT2D eigenvalue weighted by molar-refractivity contribution is -0.156. The third kappa shape index (κ3) is 4.82. The van der Waals surface area contributed by atoms with Gasteiger partial charge in [0, 0.05) is 6.92 Å². The Labute approximate surface area is 153 Å². The molecule has 2 unspecified atom stereocenters. The van der Waals surface area contributed by atoms with Gasteiger partial charge in [0.05, 0.1) is 7.11 Å². The molecule has 2 rings (SSSR count). The molecule has 1 amide bonds. The van der Waals surface area contributed by atoms with Crippen LogP contribution in [0.4, 0.5) is 0 Å². The maximum atomic E-state index is 13.1. The molecule has 1 aromatic rings. The van der Waals surface area contributed by atoms with Crippen LogP contribution in [0.1, 0.15) is 32.3 Å². The zero-order valence-electron chi connectivity index (χ0n) is 15.4. The molecule has 1 aliphatic heterocycles. The van der Waals surface area contributed by atoms with Gasteiger partial charge in [-0.2, -0.15) is 0 Å². The van der Waals surface area contributed by atoms with Gasteiger partial charge < -0.3 is 20.1 Å². The summed E-state index contributed by atoms with van der Waals surface area (Å²) in [6.07, 6.45) is 1.20. The summed E-state index contributed by atoms with van der Waals surface area (Å²) in [6.45, 7) is 3.53. The van der Waals surface area contributed by atoms with Crippen LogP contribution in [0.5, 0.6) is 0 Å². The van der Waals surface area contributed by atoms with E-state index in [1.807, 2.05) is 30.3 Å². The van der Waals surface area contributed by atoms with Gasteiger partial charge in [-0.25, -0.2) is 4.79 Å². The predicted octanol–water partition coefficient (Wildman–Crippen LogP) is 0.961. The second-order valence-corrected chi connectivity index (χ2v) is 6.56. The third-order valence-corrected chi connectivity index (χ3v) is 4.59. The fourth-order valence-electron chi connectivity index (χ4n) is 3.28. The van der Waals surface area contributed by atoms with E-state index in [1.54, 1.807) is 6.92 Å². The minimum absolute atomic E-state index is 0.298. The van der Waals surface area contributed by atoms with Crippen LogP contribution >= 0.6 is 0 Å². The number of methoxy groups -OCH3 is 1. The van der Waals surface area contributed by atoms with E-state index in [0.29, 0.717) is 12.8 Å². The summed E-state index contributed by atoms with van der Waals surface area (Å²) < 4.78 is 9.84. The Balaban J connectivity index is 2.18. The van der Waals surface area contributed by atoms with E-state index < -0.39 is 29.6 Å². The second kappa shape index (κ2) is 8.80. The van der Waals surface area contributed by atoms with Gasteiger partial charge >= 0.3 is 11.9 Å². The molecule has 1 saturated heterocycles. The van der Waals surface area contributed by atoms with Crippen LogP contribution in [0.15, 0.2) is 30.3 Å². The van der Waals surface area contributed by atoms with E-state index in [4.69, 9.17) is 9.47 Å². The van der Waals surface area contributed by atoms with Crippen LogP contribution in [0.3, 0.4) is 0 Å². The number of carbonyl (C=O) groups is 3. The maximum Gasteiger partial charge on any atom is 0.332 e. The van der Waals surface area contributed by atoms with Crippen molar-refractivity contribution in [2.75, 3.05) is 13.7 Å². The van der Waals surface area contributed by atoms with E-state index in [-0.39, 0.29) is 5.91 Å². The molecule has 1 heterocycles. The van der Waals surface area contributed by atoms with Crippen LogP contribution in [0, 0.1) is 0 Å². The number of carbonyl (C=O) groups excluding carboxylic acids is 3. The first-order valence-corrected chi connectivity index (χ1v) is 8.73. The summed E-state index contributed by atoms with van der Waals surface area (Å²) in [7, 11) is 1.23. The average Bonchev–Trinajstić information content (AvgIpc) is 3.08. The molecule has 142 valence electrons. The smallest absolute Gasteiger partial charge is 0.332 e. The lowest BCUT2D eigenvalue weighted by atomic mass is 9.88. The molecule has 1 aromatic carbocycles. The fourth-order valence-corrected chi connectivity index (χ4v) is 3.28. The molecule has 1 aliphatic rings. The number of nitrogens with one attached hydrogen (secondary N) is 2. The first-order valence-electron chi connectivity index (χ1n) is 8.73. The van der Waals surface area contributed by atoms with Crippen molar-refractivity contribution < 1.29 is 23.9 Å². The summed E-state index contributed by atoms with van der Waals surface area (Å²) in [5.41, 5.74) is 0.225. The monoisotopic (exact) mass is 362 g/mol. The predicted molar refractivity (Wildman–Crippen MR) is 95.3 cm³/mol. The van der Waals surface area contributed by atoms with Gasteiger partial charge in [0.25, 0.3) is 0 Å². The highest BCUT2D eigenvalue weighted by atomic mass is 16.6. The van der Waals surface area contributed by atoms with Crippen molar-refractivity contribution in [2.45, 2.75) is 50.8 Å². The number of hydrogen-bond donors (Lipinski definition) is 2. The Hall–Kier alpha value is -2.41. The topological polar surface area (TPSA) is 93.7 Å². The van der Waals surface area contributed by atoms with E-state index in [0.717, 1.165) is 18.5 Å². The highest BCUT2D eigenvalue weighted by Gasteiger charge is 2.43.